The lowest BCUT2D eigenvalue weighted by atomic mass is 10.1. The van der Waals surface area contributed by atoms with Gasteiger partial charge in [0, 0.05) is 17.7 Å². The van der Waals surface area contributed by atoms with Crippen LogP contribution >= 0.6 is 0 Å². The maximum atomic E-state index is 9.36. The first-order chi connectivity index (χ1) is 7.56. The Bertz CT molecular complexity index is 428. The molecule has 0 aromatic heterocycles. The van der Waals surface area contributed by atoms with Crippen LogP contribution in [0.3, 0.4) is 0 Å². The van der Waals surface area contributed by atoms with Gasteiger partial charge in [0.05, 0.1) is 6.04 Å². The van der Waals surface area contributed by atoms with Gasteiger partial charge in [0.25, 0.3) is 0 Å². The van der Waals surface area contributed by atoms with Gasteiger partial charge in [-0.3, -0.25) is 0 Å². The second kappa shape index (κ2) is 3.14. The zero-order valence-electron chi connectivity index (χ0n) is 9.66. The average Bonchev–Trinajstić information content (AvgIpc) is 2.65. The molecule has 16 heavy (non-hydrogen) atoms. The van der Waals surface area contributed by atoms with Gasteiger partial charge >= 0.3 is 0 Å². The number of hydrogen-bond acceptors (Lipinski definition) is 3. The number of aromatic hydroxyl groups is 1. The molecule has 0 amide bonds. The first kappa shape index (κ1) is 9.97. The lowest BCUT2D eigenvalue weighted by molar-refractivity contribution is 0.304. The van der Waals surface area contributed by atoms with Gasteiger partial charge in [0.1, 0.15) is 18.1 Å². The Labute approximate surface area is 95.4 Å². The minimum Gasteiger partial charge on any atom is -0.508 e. The highest BCUT2D eigenvalue weighted by Crippen LogP contribution is 2.47. The van der Waals surface area contributed by atoms with E-state index in [1.54, 1.807) is 12.1 Å². The van der Waals surface area contributed by atoms with Crippen LogP contribution in [0.2, 0.25) is 0 Å². The van der Waals surface area contributed by atoms with Crippen molar-refractivity contribution in [3.05, 3.63) is 23.8 Å². The summed E-state index contributed by atoms with van der Waals surface area (Å²) in [7, 11) is 0. The van der Waals surface area contributed by atoms with Crippen molar-refractivity contribution in [1.29, 1.82) is 0 Å². The number of fused-ring (bicyclic) bond motifs is 1. The Morgan fingerprint density at radius 1 is 1.44 bits per heavy atom. The average molecular weight is 219 g/mol. The molecule has 1 aliphatic carbocycles. The second-order valence-corrected chi connectivity index (χ2v) is 5.50. The zero-order valence-corrected chi connectivity index (χ0v) is 9.66. The molecule has 2 unspecified atom stereocenters. The van der Waals surface area contributed by atoms with Gasteiger partial charge in [-0.2, -0.15) is 0 Å². The van der Waals surface area contributed by atoms with Crippen molar-refractivity contribution >= 4 is 0 Å². The summed E-state index contributed by atoms with van der Waals surface area (Å²) in [5.41, 5.74) is 1.60. The second-order valence-electron chi connectivity index (χ2n) is 5.50. The van der Waals surface area contributed by atoms with E-state index in [0.717, 1.165) is 5.75 Å². The van der Waals surface area contributed by atoms with E-state index in [1.165, 1.54) is 12.0 Å². The van der Waals surface area contributed by atoms with Crippen molar-refractivity contribution in [1.82, 2.24) is 5.32 Å². The molecule has 0 bridgehead atoms. The number of rotatable bonds is 2. The zero-order chi connectivity index (χ0) is 11.3. The number of phenols is 1. The third kappa shape index (κ3) is 1.55. The molecular formula is C13H17NO2. The molecule has 2 atom stereocenters. The summed E-state index contributed by atoms with van der Waals surface area (Å²) in [5.74, 6) is 1.09. The highest BCUT2D eigenvalue weighted by Gasteiger charge is 2.47. The minimum absolute atomic E-state index is 0.270. The standard InChI is InChI=1S/C13H17NO2/c1-13(2)6-12(13)14-10-7-16-11-5-8(15)3-4-9(10)11/h3-5,10,12,14-15H,6-7H2,1-2H3. The molecule has 1 aromatic carbocycles. The molecule has 1 aliphatic heterocycles. The molecule has 3 rings (SSSR count). The Balaban J connectivity index is 1.77. The van der Waals surface area contributed by atoms with Crippen molar-refractivity contribution in [3.8, 4) is 11.5 Å². The van der Waals surface area contributed by atoms with Crippen LogP contribution in [-0.4, -0.2) is 17.8 Å². The van der Waals surface area contributed by atoms with E-state index in [1.807, 2.05) is 6.07 Å². The molecule has 3 heteroatoms. The molecule has 1 heterocycles. The SMILES string of the molecule is CC1(C)CC1NC1COc2cc(O)ccc21. The normalized spacial score (nSPS) is 29.6. The molecule has 1 aromatic rings. The van der Waals surface area contributed by atoms with Crippen LogP contribution in [0, 0.1) is 5.41 Å². The van der Waals surface area contributed by atoms with Crippen LogP contribution in [0.5, 0.6) is 11.5 Å². The van der Waals surface area contributed by atoms with E-state index in [2.05, 4.69) is 19.2 Å². The summed E-state index contributed by atoms with van der Waals surface area (Å²) in [4.78, 5) is 0. The molecular weight excluding hydrogens is 202 g/mol. The van der Waals surface area contributed by atoms with Crippen LogP contribution in [0.25, 0.3) is 0 Å². The van der Waals surface area contributed by atoms with E-state index in [-0.39, 0.29) is 11.8 Å². The highest BCUT2D eigenvalue weighted by molar-refractivity contribution is 5.44. The Kier molecular flexibility index (Phi) is 1.96. The van der Waals surface area contributed by atoms with E-state index >= 15 is 0 Å². The van der Waals surface area contributed by atoms with Gasteiger partial charge in [-0.15, -0.1) is 0 Å². The van der Waals surface area contributed by atoms with Gasteiger partial charge < -0.3 is 15.2 Å². The van der Waals surface area contributed by atoms with Crippen LogP contribution in [0.1, 0.15) is 31.9 Å². The predicted molar refractivity (Wildman–Crippen MR) is 61.7 cm³/mol. The van der Waals surface area contributed by atoms with Crippen molar-refractivity contribution in [3.63, 3.8) is 0 Å². The topological polar surface area (TPSA) is 41.5 Å². The highest BCUT2D eigenvalue weighted by atomic mass is 16.5. The van der Waals surface area contributed by atoms with Crippen molar-refractivity contribution < 1.29 is 9.84 Å². The third-order valence-corrected chi connectivity index (χ3v) is 3.69. The van der Waals surface area contributed by atoms with Crippen LogP contribution in [0.4, 0.5) is 0 Å². The number of phenolic OH excluding ortho intramolecular Hbond substituents is 1. The fourth-order valence-electron chi connectivity index (χ4n) is 2.33. The molecule has 0 saturated heterocycles. The number of ether oxygens (including phenoxy) is 1. The number of nitrogens with one attached hydrogen (secondary N) is 1. The summed E-state index contributed by atoms with van der Waals surface area (Å²) < 4.78 is 5.57. The summed E-state index contributed by atoms with van der Waals surface area (Å²) in [6.07, 6.45) is 1.23. The van der Waals surface area contributed by atoms with Gasteiger partial charge in [0.2, 0.25) is 0 Å². The Morgan fingerprint density at radius 3 is 2.88 bits per heavy atom. The third-order valence-electron chi connectivity index (χ3n) is 3.69. The van der Waals surface area contributed by atoms with Crippen molar-refractivity contribution in [2.75, 3.05) is 6.61 Å². The molecule has 1 fully saturated rings. The first-order valence-electron chi connectivity index (χ1n) is 5.78. The van der Waals surface area contributed by atoms with Crippen molar-refractivity contribution in [2.24, 2.45) is 5.41 Å². The lowest BCUT2D eigenvalue weighted by Gasteiger charge is -2.12. The first-order valence-corrected chi connectivity index (χ1v) is 5.78. The molecule has 2 aliphatic rings. The number of hydrogen-bond donors (Lipinski definition) is 2. The Hall–Kier alpha value is -1.22. The van der Waals surface area contributed by atoms with E-state index in [9.17, 15) is 5.11 Å². The monoisotopic (exact) mass is 219 g/mol. The summed E-state index contributed by atoms with van der Waals surface area (Å²) >= 11 is 0. The number of benzene rings is 1. The lowest BCUT2D eigenvalue weighted by Crippen LogP contribution is -2.27. The smallest absolute Gasteiger partial charge is 0.127 e. The molecule has 0 radical (unpaired) electrons. The summed E-state index contributed by atoms with van der Waals surface area (Å²) in [6.45, 7) is 5.22. The fourth-order valence-corrected chi connectivity index (χ4v) is 2.33. The maximum Gasteiger partial charge on any atom is 0.127 e. The fraction of sp³-hybridized carbons (Fsp3) is 0.538. The van der Waals surface area contributed by atoms with Crippen LogP contribution in [0.15, 0.2) is 18.2 Å². The Morgan fingerprint density at radius 2 is 2.19 bits per heavy atom. The van der Waals surface area contributed by atoms with Crippen LogP contribution < -0.4 is 10.1 Å². The van der Waals surface area contributed by atoms with Crippen molar-refractivity contribution in [2.45, 2.75) is 32.4 Å². The predicted octanol–water partition coefficient (Wildman–Crippen LogP) is 2.21. The van der Waals surface area contributed by atoms with Gasteiger partial charge in [-0.1, -0.05) is 13.8 Å². The minimum atomic E-state index is 0.270. The van der Waals surface area contributed by atoms with Gasteiger partial charge in [-0.25, -0.2) is 0 Å². The summed E-state index contributed by atoms with van der Waals surface area (Å²) in [5, 5.41) is 13.0. The van der Waals surface area contributed by atoms with Gasteiger partial charge in [0.15, 0.2) is 0 Å². The van der Waals surface area contributed by atoms with Gasteiger partial charge in [-0.05, 0) is 24.0 Å². The van der Waals surface area contributed by atoms with E-state index in [4.69, 9.17) is 4.74 Å². The van der Waals surface area contributed by atoms with Crippen LogP contribution in [-0.2, 0) is 0 Å². The molecule has 86 valence electrons. The molecule has 2 N–H and O–H groups in total. The quantitative estimate of drug-likeness (QED) is 0.801. The molecule has 1 saturated carbocycles. The van der Waals surface area contributed by atoms with E-state index in [0.29, 0.717) is 18.1 Å². The summed E-state index contributed by atoms with van der Waals surface area (Å²) in [6, 6.07) is 6.24. The largest absolute Gasteiger partial charge is 0.508 e. The molecule has 3 nitrogen and oxygen atoms in total. The maximum absolute atomic E-state index is 9.36. The van der Waals surface area contributed by atoms with E-state index < -0.39 is 0 Å². The molecule has 0 spiro atoms.